The molecule has 140 valence electrons. The van der Waals surface area contributed by atoms with Crippen LogP contribution in [0.2, 0.25) is 0 Å². The van der Waals surface area contributed by atoms with Gasteiger partial charge in [-0.15, -0.1) is 12.4 Å². The lowest BCUT2D eigenvalue weighted by atomic mass is 9.68. The molecule has 1 aliphatic carbocycles. The highest BCUT2D eigenvalue weighted by Gasteiger charge is 2.38. The molecule has 1 saturated carbocycles. The first-order chi connectivity index (χ1) is 11.5. The van der Waals surface area contributed by atoms with E-state index in [1.807, 2.05) is 12.1 Å². The van der Waals surface area contributed by atoms with E-state index >= 15 is 0 Å². The number of hydrogen-bond acceptors (Lipinski definition) is 3. The Morgan fingerprint density at radius 3 is 2.68 bits per heavy atom. The lowest BCUT2D eigenvalue weighted by Gasteiger charge is -2.45. The first kappa shape index (κ1) is 20.3. The van der Waals surface area contributed by atoms with Gasteiger partial charge in [0, 0.05) is 25.4 Å². The molecule has 1 saturated heterocycles. The molecule has 3 rings (SSSR count). The number of halogens is 1. The van der Waals surface area contributed by atoms with Gasteiger partial charge in [-0.2, -0.15) is 0 Å². The van der Waals surface area contributed by atoms with Gasteiger partial charge in [-0.25, -0.2) is 0 Å². The molecule has 0 amide bonds. The average molecular weight is 366 g/mol. The number of phenolic OH excluding ortho intramolecular Hbond substituents is 1. The van der Waals surface area contributed by atoms with Crippen molar-refractivity contribution >= 4 is 18.2 Å². The summed E-state index contributed by atoms with van der Waals surface area (Å²) in [5.41, 5.74) is 1.33. The Balaban J connectivity index is 0.00000225. The van der Waals surface area contributed by atoms with Gasteiger partial charge in [0.05, 0.1) is 0 Å². The molecule has 4 heteroatoms. The number of ketones is 1. The third-order valence-electron chi connectivity index (χ3n) is 6.56. The van der Waals surface area contributed by atoms with Gasteiger partial charge < -0.3 is 10.0 Å². The summed E-state index contributed by atoms with van der Waals surface area (Å²) >= 11 is 0. The first-order valence-corrected chi connectivity index (χ1v) is 9.53. The second-order valence-corrected chi connectivity index (χ2v) is 8.12. The number of phenols is 1. The predicted octanol–water partition coefficient (Wildman–Crippen LogP) is 4.56. The van der Waals surface area contributed by atoms with Crippen LogP contribution in [0.4, 0.5) is 0 Å². The van der Waals surface area contributed by atoms with Crippen LogP contribution in [0.1, 0.15) is 57.9 Å². The van der Waals surface area contributed by atoms with Gasteiger partial charge in [-0.3, -0.25) is 4.79 Å². The average Bonchev–Trinajstić information content (AvgIpc) is 3.10. The Labute approximate surface area is 158 Å². The van der Waals surface area contributed by atoms with Crippen molar-refractivity contribution in [2.24, 2.45) is 11.8 Å². The molecule has 2 atom stereocenters. The number of rotatable bonds is 5. The van der Waals surface area contributed by atoms with Crippen molar-refractivity contribution in [3.8, 4) is 5.75 Å². The monoisotopic (exact) mass is 365 g/mol. The van der Waals surface area contributed by atoms with Crippen LogP contribution in [-0.4, -0.2) is 35.4 Å². The predicted molar refractivity (Wildman–Crippen MR) is 105 cm³/mol. The molecule has 2 aliphatic rings. The minimum atomic E-state index is 0. The van der Waals surface area contributed by atoms with E-state index in [2.05, 4.69) is 24.8 Å². The SMILES string of the molecule is CC1CN(CCC(=O)C2CCCC2)CCC1(C)c1cccc(O)c1.Cl. The van der Waals surface area contributed by atoms with Gasteiger partial charge in [0.2, 0.25) is 0 Å². The Hall–Kier alpha value is -1.06. The number of likely N-dealkylation sites (tertiary alicyclic amines) is 1. The molecular weight excluding hydrogens is 334 g/mol. The lowest BCUT2D eigenvalue weighted by Crippen LogP contribution is -2.47. The summed E-state index contributed by atoms with van der Waals surface area (Å²) in [6.07, 6.45) is 6.50. The standard InChI is InChI=1S/C21H31NO2.ClH/c1-16-15-22(12-10-20(24)17-6-3-4-7-17)13-11-21(16,2)18-8-5-9-19(23)14-18;/h5,8-9,14,16-17,23H,3-4,6-7,10-13,15H2,1-2H3;1H. The zero-order valence-corrected chi connectivity index (χ0v) is 16.4. The summed E-state index contributed by atoms with van der Waals surface area (Å²) in [6, 6.07) is 7.72. The molecule has 25 heavy (non-hydrogen) atoms. The molecule has 0 spiro atoms. The number of piperidine rings is 1. The first-order valence-electron chi connectivity index (χ1n) is 9.53. The third-order valence-corrected chi connectivity index (χ3v) is 6.56. The summed E-state index contributed by atoms with van der Waals surface area (Å²) in [4.78, 5) is 14.8. The van der Waals surface area contributed by atoms with E-state index < -0.39 is 0 Å². The van der Waals surface area contributed by atoms with E-state index in [-0.39, 0.29) is 17.8 Å². The van der Waals surface area contributed by atoms with Gasteiger partial charge in [0.1, 0.15) is 11.5 Å². The Bertz CT molecular complexity index is 585. The maximum absolute atomic E-state index is 12.3. The summed E-state index contributed by atoms with van der Waals surface area (Å²) in [5, 5.41) is 9.80. The molecule has 3 nitrogen and oxygen atoms in total. The van der Waals surface area contributed by atoms with Crippen molar-refractivity contribution in [1.82, 2.24) is 4.90 Å². The lowest BCUT2D eigenvalue weighted by molar-refractivity contribution is -0.123. The zero-order valence-electron chi connectivity index (χ0n) is 15.5. The molecule has 2 fully saturated rings. The number of Topliss-reactive ketones (excluding diaryl/α,β-unsaturated/α-hetero) is 1. The van der Waals surface area contributed by atoms with Crippen LogP contribution < -0.4 is 0 Å². The number of benzene rings is 1. The van der Waals surface area contributed by atoms with Crippen LogP contribution in [0.25, 0.3) is 0 Å². The van der Waals surface area contributed by atoms with E-state index in [4.69, 9.17) is 0 Å². The van der Waals surface area contributed by atoms with Crippen molar-refractivity contribution in [3.05, 3.63) is 29.8 Å². The highest BCUT2D eigenvalue weighted by molar-refractivity contribution is 5.85. The quantitative estimate of drug-likeness (QED) is 0.831. The van der Waals surface area contributed by atoms with E-state index in [1.54, 1.807) is 6.07 Å². The summed E-state index contributed by atoms with van der Waals surface area (Å²) in [6.45, 7) is 7.59. The maximum Gasteiger partial charge on any atom is 0.137 e. The third kappa shape index (κ3) is 4.57. The molecule has 1 N–H and O–H groups in total. The molecule has 1 aliphatic heterocycles. The van der Waals surface area contributed by atoms with E-state index in [0.717, 1.165) is 45.3 Å². The van der Waals surface area contributed by atoms with Crippen molar-refractivity contribution in [2.75, 3.05) is 19.6 Å². The zero-order chi connectivity index (χ0) is 17.2. The number of carbonyl (C=O) groups is 1. The van der Waals surface area contributed by atoms with Crippen LogP contribution >= 0.6 is 12.4 Å². The number of hydrogen-bond donors (Lipinski definition) is 1. The van der Waals surface area contributed by atoms with E-state index in [1.165, 1.54) is 18.4 Å². The fraction of sp³-hybridized carbons (Fsp3) is 0.667. The van der Waals surface area contributed by atoms with Gasteiger partial charge in [0.15, 0.2) is 0 Å². The summed E-state index contributed by atoms with van der Waals surface area (Å²) in [5.74, 6) is 1.70. The van der Waals surface area contributed by atoms with Crippen LogP contribution in [-0.2, 0) is 10.2 Å². The Morgan fingerprint density at radius 2 is 2.04 bits per heavy atom. The normalized spacial score (nSPS) is 27.8. The maximum atomic E-state index is 12.3. The molecule has 1 heterocycles. The molecule has 0 radical (unpaired) electrons. The van der Waals surface area contributed by atoms with Crippen LogP contribution in [0, 0.1) is 11.8 Å². The Morgan fingerprint density at radius 1 is 1.32 bits per heavy atom. The number of nitrogens with zero attached hydrogens (tertiary/aromatic N) is 1. The van der Waals surface area contributed by atoms with Crippen LogP contribution in [0.15, 0.2) is 24.3 Å². The summed E-state index contributed by atoms with van der Waals surface area (Å²) < 4.78 is 0. The smallest absolute Gasteiger partial charge is 0.137 e. The van der Waals surface area contributed by atoms with Crippen molar-refractivity contribution < 1.29 is 9.90 Å². The minimum absolute atomic E-state index is 0. The second-order valence-electron chi connectivity index (χ2n) is 8.12. The minimum Gasteiger partial charge on any atom is -0.508 e. The van der Waals surface area contributed by atoms with E-state index in [0.29, 0.717) is 23.4 Å². The topological polar surface area (TPSA) is 40.5 Å². The Kier molecular flexibility index (Phi) is 6.93. The number of carbonyl (C=O) groups excluding carboxylic acids is 1. The van der Waals surface area contributed by atoms with Gasteiger partial charge in [-0.1, -0.05) is 38.8 Å². The van der Waals surface area contributed by atoms with Crippen molar-refractivity contribution in [3.63, 3.8) is 0 Å². The van der Waals surface area contributed by atoms with Gasteiger partial charge in [0.25, 0.3) is 0 Å². The molecule has 0 aromatic heterocycles. The summed E-state index contributed by atoms with van der Waals surface area (Å²) in [7, 11) is 0. The largest absolute Gasteiger partial charge is 0.508 e. The molecule has 1 aromatic rings. The fourth-order valence-electron chi connectivity index (χ4n) is 4.53. The number of aromatic hydroxyl groups is 1. The molecule has 0 bridgehead atoms. The molecular formula is C21H32ClNO2. The van der Waals surface area contributed by atoms with Gasteiger partial charge in [-0.05, 0) is 54.8 Å². The van der Waals surface area contributed by atoms with Crippen LogP contribution in [0.3, 0.4) is 0 Å². The van der Waals surface area contributed by atoms with E-state index in [9.17, 15) is 9.90 Å². The molecule has 1 aromatic carbocycles. The highest BCUT2D eigenvalue weighted by Crippen LogP contribution is 2.40. The highest BCUT2D eigenvalue weighted by atomic mass is 35.5. The van der Waals surface area contributed by atoms with Gasteiger partial charge >= 0.3 is 0 Å². The van der Waals surface area contributed by atoms with Crippen molar-refractivity contribution in [2.45, 2.75) is 57.8 Å². The second kappa shape index (κ2) is 8.55. The van der Waals surface area contributed by atoms with Crippen molar-refractivity contribution in [1.29, 1.82) is 0 Å². The fourth-order valence-corrected chi connectivity index (χ4v) is 4.53. The molecule has 2 unspecified atom stereocenters. The van der Waals surface area contributed by atoms with Crippen LogP contribution in [0.5, 0.6) is 5.75 Å².